The molecule has 0 saturated carbocycles. The van der Waals surface area contributed by atoms with Gasteiger partial charge >= 0.3 is 0 Å². The van der Waals surface area contributed by atoms with Crippen molar-refractivity contribution in [1.29, 1.82) is 5.26 Å². The van der Waals surface area contributed by atoms with E-state index in [1.165, 1.54) is 5.69 Å². The molecule has 126 valence electrons. The van der Waals surface area contributed by atoms with E-state index in [4.69, 9.17) is 5.26 Å². The SMILES string of the molecule is CN1CCC[C@@H](CNC(=O)c2c[nH]c(C#N)c2)[C@@H]1c1ccnn1C. The third-order valence-corrected chi connectivity index (χ3v) is 4.76. The molecular formula is C17H22N6O. The zero-order valence-corrected chi connectivity index (χ0v) is 14.0. The first kappa shape index (κ1) is 16.3. The van der Waals surface area contributed by atoms with Crippen LogP contribution in [0.25, 0.3) is 0 Å². The minimum Gasteiger partial charge on any atom is -0.352 e. The van der Waals surface area contributed by atoms with Crippen molar-refractivity contribution in [2.45, 2.75) is 18.9 Å². The summed E-state index contributed by atoms with van der Waals surface area (Å²) in [7, 11) is 4.08. The fourth-order valence-electron chi connectivity index (χ4n) is 3.53. The number of piperidine rings is 1. The number of hydrogen-bond acceptors (Lipinski definition) is 4. The second kappa shape index (κ2) is 6.89. The Bertz CT molecular complexity index is 755. The Morgan fingerprint density at radius 3 is 3.04 bits per heavy atom. The number of hydrogen-bond donors (Lipinski definition) is 2. The first-order chi connectivity index (χ1) is 11.6. The van der Waals surface area contributed by atoms with E-state index >= 15 is 0 Å². The van der Waals surface area contributed by atoms with Crippen molar-refractivity contribution >= 4 is 5.91 Å². The van der Waals surface area contributed by atoms with Crippen LogP contribution >= 0.6 is 0 Å². The molecule has 0 unspecified atom stereocenters. The molecule has 0 aliphatic carbocycles. The van der Waals surface area contributed by atoms with Crippen LogP contribution in [0, 0.1) is 17.2 Å². The van der Waals surface area contributed by atoms with Crippen molar-refractivity contribution < 1.29 is 4.79 Å². The van der Waals surface area contributed by atoms with Crippen molar-refractivity contribution in [2.75, 3.05) is 20.1 Å². The molecule has 7 heteroatoms. The van der Waals surface area contributed by atoms with Crippen molar-refractivity contribution in [3.8, 4) is 6.07 Å². The highest BCUT2D eigenvalue weighted by Gasteiger charge is 2.32. The molecule has 3 heterocycles. The lowest BCUT2D eigenvalue weighted by Crippen LogP contribution is -2.42. The molecule has 3 rings (SSSR count). The Morgan fingerprint density at radius 1 is 1.54 bits per heavy atom. The van der Waals surface area contributed by atoms with Gasteiger partial charge in [-0.2, -0.15) is 10.4 Å². The van der Waals surface area contributed by atoms with Gasteiger partial charge in [-0.05, 0) is 44.5 Å². The summed E-state index contributed by atoms with van der Waals surface area (Å²) in [5.74, 6) is 0.183. The summed E-state index contributed by atoms with van der Waals surface area (Å²) >= 11 is 0. The van der Waals surface area contributed by atoms with Gasteiger partial charge in [0.2, 0.25) is 0 Å². The van der Waals surface area contributed by atoms with Crippen molar-refractivity contribution in [2.24, 2.45) is 13.0 Å². The van der Waals surface area contributed by atoms with Crippen LogP contribution in [0.15, 0.2) is 24.5 Å². The first-order valence-electron chi connectivity index (χ1n) is 8.15. The van der Waals surface area contributed by atoms with E-state index in [9.17, 15) is 4.79 Å². The van der Waals surface area contributed by atoms with Crippen LogP contribution in [-0.4, -0.2) is 45.7 Å². The van der Waals surface area contributed by atoms with Gasteiger partial charge in [-0.3, -0.25) is 14.4 Å². The Kier molecular flexibility index (Phi) is 4.67. The second-order valence-electron chi connectivity index (χ2n) is 6.33. The molecule has 1 saturated heterocycles. The van der Waals surface area contributed by atoms with Crippen LogP contribution in [0.1, 0.15) is 40.6 Å². The molecule has 7 nitrogen and oxygen atoms in total. The molecule has 2 N–H and O–H groups in total. The molecule has 0 spiro atoms. The number of H-pyrrole nitrogens is 1. The van der Waals surface area contributed by atoms with Gasteiger partial charge in [-0.25, -0.2) is 0 Å². The predicted octanol–water partition coefficient (Wildman–Crippen LogP) is 1.43. The fraction of sp³-hybridized carbons (Fsp3) is 0.471. The number of aromatic amines is 1. The third-order valence-electron chi connectivity index (χ3n) is 4.76. The maximum atomic E-state index is 12.3. The lowest BCUT2D eigenvalue weighted by molar-refractivity contribution is 0.0880. The van der Waals surface area contributed by atoms with Crippen molar-refractivity contribution in [3.63, 3.8) is 0 Å². The molecule has 0 radical (unpaired) electrons. The van der Waals surface area contributed by atoms with Gasteiger partial charge in [-0.1, -0.05) is 0 Å². The molecule has 2 atom stereocenters. The molecule has 2 aromatic heterocycles. The Hall–Kier alpha value is -2.59. The summed E-state index contributed by atoms with van der Waals surface area (Å²) in [6, 6.07) is 5.86. The monoisotopic (exact) mass is 326 g/mol. The number of carbonyl (C=O) groups is 1. The number of amides is 1. The average molecular weight is 326 g/mol. The standard InChI is InChI=1S/C17H22N6O/c1-22-7-3-4-12(16(22)15-5-6-21-23(15)2)10-20-17(24)13-8-14(9-18)19-11-13/h5-6,8,11-12,16,19H,3-4,7,10H2,1-2H3,(H,20,24)/t12-,16+/m0/s1. The van der Waals surface area contributed by atoms with Crippen molar-refractivity contribution in [1.82, 2.24) is 25.0 Å². The van der Waals surface area contributed by atoms with Gasteiger partial charge in [0, 0.05) is 26.0 Å². The molecule has 1 amide bonds. The minimum atomic E-state index is -0.148. The molecule has 2 aromatic rings. The minimum absolute atomic E-state index is 0.148. The van der Waals surface area contributed by atoms with Crippen molar-refractivity contribution in [3.05, 3.63) is 41.5 Å². The Balaban J connectivity index is 1.69. The fourth-order valence-corrected chi connectivity index (χ4v) is 3.53. The van der Waals surface area contributed by atoms with Crippen LogP contribution in [0.4, 0.5) is 0 Å². The third kappa shape index (κ3) is 3.19. The largest absolute Gasteiger partial charge is 0.352 e. The van der Waals surface area contributed by atoms with E-state index in [2.05, 4.69) is 27.3 Å². The maximum Gasteiger partial charge on any atom is 0.252 e. The number of aryl methyl sites for hydroxylation is 1. The number of nitriles is 1. The van der Waals surface area contributed by atoms with Gasteiger partial charge in [0.25, 0.3) is 5.91 Å². The smallest absolute Gasteiger partial charge is 0.252 e. The topological polar surface area (TPSA) is 89.7 Å². The summed E-state index contributed by atoms with van der Waals surface area (Å²) < 4.78 is 1.91. The lowest BCUT2D eigenvalue weighted by atomic mass is 9.87. The van der Waals surface area contributed by atoms with E-state index in [1.807, 2.05) is 30.1 Å². The predicted molar refractivity (Wildman–Crippen MR) is 89.1 cm³/mol. The summed E-state index contributed by atoms with van der Waals surface area (Å²) in [5.41, 5.74) is 2.06. The van der Waals surface area contributed by atoms with Crippen LogP contribution in [-0.2, 0) is 7.05 Å². The second-order valence-corrected chi connectivity index (χ2v) is 6.33. The van der Waals surface area contributed by atoms with Gasteiger partial charge in [0.1, 0.15) is 11.8 Å². The van der Waals surface area contributed by atoms with E-state index in [0.717, 1.165) is 19.4 Å². The molecule has 0 aromatic carbocycles. The highest BCUT2D eigenvalue weighted by molar-refractivity contribution is 5.94. The number of likely N-dealkylation sites (tertiary alicyclic amines) is 1. The zero-order valence-electron chi connectivity index (χ0n) is 14.0. The van der Waals surface area contributed by atoms with Crippen LogP contribution in [0.2, 0.25) is 0 Å². The van der Waals surface area contributed by atoms with Gasteiger partial charge in [0.15, 0.2) is 0 Å². The van der Waals surface area contributed by atoms with E-state index in [-0.39, 0.29) is 11.9 Å². The molecule has 24 heavy (non-hydrogen) atoms. The van der Waals surface area contributed by atoms with Crippen LogP contribution in [0.3, 0.4) is 0 Å². The molecule has 1 aliphatic heterocycles. The summed E-state index contributed by atoms with van der Waals surface area (Å²) in [5, 5.41) is 16.1. The summed E-state index contributed by atoms with van der Waals surface area (Å²) in [6.45, 7) is 1.65. The van der Waals surface area contributed by atoms with E-state index in [1.54, 1.807) is 12.3 Å². The van der Waals surface area contributed by atoms with E-state index < -0.39 is 0 Å². The number of carbonyl (C=O) groups excluding carboxylic acids is 1. The van der Waals surface area contributed by atoms with Crippen LogP contribution in [0.5, 0.6) is 0 Å². The normalized spacial score (nSPS) is 21.4. The van der Waals surface area contributed by atoms with Crippen LogP contribution < -0.4 is 5.32 Å². The summed E-state index contributed by atoms with van der Waals surface area (Å²) in [6.07, 6.45) is 5.57. The van der Waals surface area contributed by atoms with Gasteiger partial charge in [-0.15, -0.1) is 0 Å². The molecule has 1 aliphatic rings. The summed E-state index contributed by atoms with van der Waals surface area (Å²) in [4.78, 5) is 17.4. The molecule has 1 fully saturated rings. The molecular weight excluding hydrogens is 304 g/mol. The highest BCUT2D eigenvalue weighted by Crippen LogP contribution is 2.34. The van der Waals surface area contributed by atoms with Gasteiger partial charge in [0.05, 0.1) is 17.3 Å². The Morgan fingerprint density at radius 2 is 2.38 bits per heavy atom. The average Bonchev–Trinajstić information content (AvgIpc) is 3.21. The molecule has 0 bridgehead atoms. The number of rotatable bonds is 4. The highest BCUT2D eigenvalue weighted by atomic mass is 16.1. The lowest BCUT2D eigenvalue weighted by Gasteiger charge is -2.39. The maximum absolute atomic E-state index is 12.3. The zero-order chi connectivity index (χ0) is 17.1. The first-order valence-corrected chi connectivity index (χ1v) is 8.15. The quantitative estimate of drug-likeness (QED) is 0.889. The number of nitrogens with zero attached hydrogens (tertiary/aromatic N) is 4. The Labute approximate surface area is 141 Å². The number of aromatic nitrogens is 3. The van der Waals surface area contributed by atoms with Gasteiger partial charge < -0.3 is 10.3 Å². The van der Waals surface area contributed by atoms with E-state index in [0.29, 0.717) is 23.7 Å². The number of nitrogens with one attached hydrogen (secondary N) is 2.